The van der Waals surface area contributed by atoms with Gasteiger partial charge in [-0.15, -0.1) is 21.5 Å². The molecule has 164 valence electrons. The molecule has 1 fully saturated rings. The molecule has 0 saturated carbocycles. The third-order valence-corrected chi connectivity index (χ3v) is 6.46. The van der Waals surface area contributed by atoms with Crippen molar-refractivity contribution in [3.8, 4) is 0 Å². The fourth-order valence-electron chi connectivity index (χ4n) is 3.74. The second-order valence-corrected chi connectivity index (χ2v) is 8.94. The van der Waals surface area contributed by atoms with Gasteiger partial charge in [-0.2, -0.15) is 0 Å². The van der Waals surface area contributed by atoms with E-state index < -0.39 is 0 Å². The van der Waals surface area contributed by atoms with Crippen LogP contribution < -0.4 is 5.32 Å². The number of urea groups is 1. The summed E-state index contributed by atoms with van der Waals surface area (Å²) < 4.78 is 1.86. The van der Waals surface area contributed by atoms with E-state index in [-0.39, 0.29) is 18.0 Å². The minimum atomic E-state index is -0.125. The molecule has 3 aromatic heterocycles. The molecule has 1 N–H and O–H groups in total. The summed E-state index contributed by atoms with van der Waals surface area (Å²) in [6.07, 6.45) is 2.60. The van der Waals surface area contributed by atoms with Crippen molar-refractivity contribution in [3.05, 3.63) is 52.1 Å². The number of pyridine rings is 1. The fraction of sp³-hybridized carbons (Fsp3) is 0.429. The number of nitrogens with zero attached hydrogens (tertiary/aromatic N) is 6. The van der Waals surface area contributed by atoms with Crippen LogP contribution >= 0.6 is 11.3 Å². The van der Waals surface area contributed by atoms with Crippen molar-refractivity contribution >= 4 is 28.9 Å². The van der Waals surface area contributed by atoms with Gasteiger partial charge >= 0.3 is 6.03 Å². The molecule has 10 heteroatoms. The van der Waals surface area contributed by atoms with Crippen LogP contribution in [0.25, 0.3) is 5.65 Å². The Labute approximate surface area is 185 Å². The van der Waals surface area contributed by atoms with Crippen molar-refractivity contribution in [3.63, 3.8) is 0 Å². The van der Waals surface area contributed by atoms with Crippen molar-refractivity contribution in [2.45, 2.75) is 12.5 Å². The number of thiophene rings is 1. The van der Waals surface area contributed by atoms with Gasteiger partial charge in [0.05, 0.1) is 11.6 Å². The van der Waals surface area contributed by atoms with E-state index in [0.29, 0.717) is 30.8 Å². The third-order valence-electron chi connectivity index (χ3n) is 5.53. The molecule has 0 radical (unpaired) electrons. The number of carbonyl (C=O) groups is 2. The molecule has 1 aliphatic rings. The number of aromatic nitrogens is 3. The lowest BCUT2D eigenvalue weighted by Gasteiger charge is -2.39. The molecule has 3 aromatic rings. The topological polar surface area (TPSA) is 86.1 Å². The molecule has 1 aliphatic heterocycles. The molecule has 3 amide bonds. The molecule has 0 bridgehead atoms. The third kappa shape index (κ3) is 4.54. The molecule has 1 saturated heterocycles. The maximum Gasteiger partial charge on any atom is 0.319 e. The number of nitrogens with one attached hydrogen (secondary N) is 1. The lowest BCUT2D eigenvalue weighted by atomic mass is 10.1. The SMILES string of the molecule is CN(C)C(=O)N1CCN(C)C(c2nnc3ccc(C(=O)NCCc4cccs4)cn23)C1. The molecule has 0 aromatic carbocycles. The van der Waals surface area contributed by atoms with Crippen molar-refractivity contribution < 1.29 is 9.59 Å². The first-order chi connectivity index (χ1) is 14.9. The fourth-order valence-corrected chi connectivity index (χ4v) is 4.44. The molecular formula is C21H27N7O2S. The zero-order valence-electron chi connectivity index (χ0n) is 18.0. The predicted molar refractivity (Wildman–Crippen MR) is 119 cm³/mol. The second kappa shape index (κ2) is 9.03. The van der Waals surface area contributed by atoms with E-state index in [4.69, 9.17) is 0 Å². The van der Waals surface area contributed by atoms with Crippen LogP contribution in [0.2, 0.25) is 0 Å². The summed E-state index contributed by atoms with van der Waals surface area (Å²) in [4.78, 5) is 32.0. The Bertz CT molecular complexity index is 1060. The second-order valence-electron chi connectivity index (χ2n) is 7.91. The van der Waals surface area contributed by atoms with Crippen LogP contribution in [0.5, 0.6) is 0 Å². The van der Waals surface area contributed by atoms with E-state index in [2.05, 4.69) is 26.5 Å². The molecule has 4 heterocycles. The Kier molecular flexibility index (Phi) is 6.19. The summed E-state index contributed by atoms with van der Waals surface area (Å²) in [7, 11) is 5.53. The highest BCUT2D eigenvalue weighted by molar-refractivity contribution is 7.09. The summed E-state index contributed by atoms with van der Waals surface area (Å²) in [6.45, 7) is 2.51. The van der Waals surface area contributed by atoms with E-state index in [1.165, 1.54) is 4.88 Å². The normalized spacial score (nSPS) is 17.1. The molecule has 1 atom stereocenters. The maximum atomic E-state index is 12.7. The Hall–Kier alpha value is -2.98. The van der Waals surface area contributed by atoms with Crippen LogP contribution in [0, 0.1) is 0 Å². The smallest absolute Gasteiger partial charge is 0.319 e. The zero-order chi connectivity index (χ0) is 22.0. The van der Waals surface area contributed by atoms with Gasteiger partial charge in [0.15, 0.2) is 11.5 Å². The quantitative estimate of drug-likeness (QED) is 0.652. The molecule has 4 rings (SSSR count). The Morgan fingerprint density at radius 1 is 1.23 bits per heavy atom. The first kappa shape index (κ1) is 21.3. The van der Waals surface area contributed by atoms with Gasteiger partial charge in [-0.25, -0.2) is 4.79 Å². The van der Waals surface area contributed by atoms with Gasteiger partial charge in [0.1, 0.15) is 0 Å². The highest BCUT2D eigenvalue weighted by Gasteiger charge is 2.32. The number of hydrogen-bond donors (Lipinski definition) is 1. The number of fused-ring (bicyclic) bond motifs is 1. The van der Waals surface area contributed by atoms with Gasteiger partial charge in [-0.1, -0.05) is 6.07 Å². The van der Waals surface area contributed by atoms with E-state index in [1.54, 1.807) is 48.7 Å². The van der Waals surface area contributed by atoms with Crippen LogP contribution in [-0.4, -0.2) is 88.6 Å². The summed E-state index contributed by atoms with van der Waals surface area (Å²) in [6, 6.07) is 7.52. The minimum absolute atomic E-state index is 0.0160. The molecule has 1 unspecified atom stereocenters. The number of amides is 3. The molecule has 0 spiro atoms. The average Bonchev–Trinajstić information content (AvgIpc) is 3.43. The number of likely N-dealkylation sites (N-methyl/N-ethyl adjacent to an activating group) is 1. The summed E-state index contributed by atoms with van der Waals surface area (Å²) in [5.74, 6) is 0.599. The van der Waals surface area contributed by atoms with E-state index in [9.17, 15) is 9.59 Å². The summed E-state index contributed by atoms with van der Waals surface area (Å²) in [5, 5.41) is 13.7. The van der Waals surface area contributed by atoms with Crippen LogP contribution in [0.1, 0.15) is 27.1 Å². The summed E-state index contributed by atoms with van der Waals surface area (Å²) in [5.41, 5.74) is 1.23. The summed E-state index contributed by atoms with van der Waals surface area (Å²) >= 11 is 1.69. The van der Waals surface area contributed by atoms with Gasteiger partial charge < -0.3 is 15.1 Å². The van der Waals surface area contributed by atoms with Crippen LogP contribution in [0.3, 0.4) is 0 Å². The first-order valence-electron chi connectivity index (χ1n) is 10.3. The average molecular weight is 442 g/mol. The zero-order valence-corrected chi connectivity index (χ0v) is 18.8. The number of piperazine rings is 1. The number of carbonyl (C=O) groups excluding carboxylic acids is 2. The van der Waals surface area contributed by atoms with Crippen molar-refractivity contribution in [2.24, 2.45) is 0 Å². The van der Waals surface area contributed by atoms with Crippen molar-refractivity contribution in [1.29, 1.82) is 0 Å². The maximum absolute atomic E-state index is 12.7. The van der Waals surface area contributed by atoms with E-state index >= 15 is 0 Å². The van der Waals surface area contributed by atoms with Gasteiger partial charge in [0.25, 0.3) is 5.91 Å². The lowest BCUT2D eigenvalue weighted by Crippen LogP contribution is -2.52. The molecule has 0 aliphatic carbocycles. The lowest BCUT2D eigenvalue weighted by molar-refractivity contribution is 0.0933. The highest BCUT2D eigenvalue weighted by Crippen LogP contribution is 2.24. The van der Waals surface area contributed by atoms with E-state index in [1.807, 2.05) is 27.8 Å². The van der Waals surface area contributed by atoms with E-state index in [0.717, 1.165) is 18.8 Å². The number of hydrogen-bond acceptors (Lipinski definition) is 6. The molecule has 9 nitrogen and oxygen atoms in total. The Balaban J connectivity index is 1.52. The number of rotatable bonds is 5. The first-order valence-corrected chi connectivity index (χ1v) is 11.1. The largest absolute Gasteiger partial charge is 0.352 e. The van der Waals surface area contributed by atoms with Gasteiger partial charge in [-0.05, 0) is 37.0 Å². The van der Waals surface area contributed by atoms with Gasteiger partial charge in [-0.3, -0.25) is 14.1 Å². The highest BCUT2D eigenvalue weighted by atomic mass is 32.1. The van der Waals surface area contributed by atoms with Gasteiger partial charge in [0, 0.05) is 51.3 Å². The minimum Gasteiger partial charge on any atom is -0.352 e. The Morgan fingerprint density at radius 3 is 2.81 bits per heavy atom. The molecule has 31 heavy (non-hydrogen) atoms. The van der Waals surface area contributed by atoms with Crippen molar-refractivity contribution in [1.82, 2.24) is 34.6 Å². The standard InChI is InChI=1S/C21H27N7O2S/c1-25(2)21(30)27-11-10-26(3)17(14-27)19-24-23-18-7-6-15(13-28(18)19)20(29)22-9-8-16-5-4-12-31-16/h4-7,12-13,17H,8-11,14H2,1-3H3,(H,22,29). The van der Waals surface area contributed by atoms with Crippen LogP contribution in [0.4, 0.5) is 4.79 Å². The predicted octanol–water partition coefficient (Wildman–Crippen LogP) is 1.73. The molecular weight excluding hydrogens is 414 g/mol. The monoisotopic (exact) mass is 441 g/mol. The van der Waals surface area contributed by atoms with Crippen LogP contribution in [0.15, 0.2) is 35.8 Å². The van der Waals surface area contributed by atoms with Crippen molar-refractivity contribution in [2.75, 3.05) is 47.3 Å². The Morgan fingerprint density at radius 2 is 2.06 bits per heavy atom. The van der Waals surface area contributed by atoms with Gasteiger partial charge in [0.2, 0.25) is 0 Å². The van der Waals surface area contributed by atoms with Crippen LogP contribution in [-0.2, 0) is 6.42 Å².